The van der Waals surface area contributed by atoms with Crippen LogP contribution in [0, 0.1) is 11.7 Å². The van der Waals surface area contributed by atoms with Gasteiger partial charge in [-0.15, -0.1) is 0 Å². The normalized spacial score (nSPS) is 15.9. The number of amides is 1. The minimum Gasteiger partial charge on any atom is -0.368 e. The van der Waals surface area contributed by atoms with Crippen molar-refractivity contribution >= 4 is 11.6 Å². The number of quaternary nitrogens is 1. The molecule has 2 aromatic carbocycles. The maximum absolute atomic E-state index is 13.2. The Hall–Kier alpha value is -2.40. The number of para-hydroxylation sites is 1. The Labute approximate surface area is 161 Å². The van der Waals surface area contributed by atoms with Crippen LogP contribution in [0.25, 0.3) is 0 Å². The lowest BCUT2D eigenvalue weighted by Gasteiger charge is -2.36. The van der Waals surface area contributed by atoms with E-state index in [2.05, 4.69) is 36.2 Å². The van der Waals surface area contributed by atoms with Crippen molar-refractivity contribution in [2.45, 2.75) is 19.9 Å². The summed E-state index contributed by atoms with van der Waals surface area (Å²) in [7, 11) is 0. The molecule has 0 aromatic heterocycles. The molecule has 3 rings (SSSR count). The van der Waals surface area contributed by atoms with Crippen LogP contribution in [0.2, 0.25) is 0 Å². The Morgan fingerprint density at radius 1 is 1.00 bits per heavy atom. The molecule has 1 atom stereocenters. The van der Waals surface area contributed by atoms with Gasteiger partial charge in [0, 0.05) is 43.3 Å². The number of halogens is 1. The van der Waals surface area contributed by atoms with E-state index in [-0.39, 0.29) is 17.8 Å². The third-order valence-corrected chi connectivity index (χ3v) is 5.27. The average molecular weight is 370 g/mol. The van der Waals surface area contributed by atoms with E-state index in [0.717, 1.165) is 31.7 Å². The molecular formula is C22H29FN3O+. The smallest absolute Gasteiger partial charge is 0.277 e. The van der Waals surface area contributed by atoms with Crippen molar-refractivity contribution in [1.29, 1.82) is 0 Å². The lowest BCUT2D eigenvalue weighted by molar-refractivity contribution is -0.692. The Morgan fingerprint density at radius 3 is 2.22 bits per heavy atom. The fourth-order valence-corrected chi connectivity index (χ4v) is 3.69. The van der Waals surface area contributed by atoms with Crippen molar-refractivity contribution < 1.29 is 14.5 Å². The van der Waals surface area contributed by atoms with Gasteiger partial charge in [0.25, 0.3) is 5.91 Å². The molecule has 5 heteroatoms. The zero-order valence-corrected chi connectivity index (χ0v) is 16.1. The third kappa shape index (κ3) is 5.07. The van der Waals surface area contributed by atoms with Crippen LogP contribution in [-0.4, -0.2) is 43.5 Å². The number of carbonyl (C=O) groups is 1. The highest BCUT2D eigenvalue weighted by Gasteiger charge is 2.25. The summed E-state index contributed by atoms with van der Waals surface area (Å²) < 4.78 is 13.2. The average Bonchev–Trinajstić information content (AvgIpc) is 2.70. The molecule has 0 aliphatic carbocycles. The van der Waals surface area contributed by atoms with E-state index >= 15 is 0 Å². The zero-order chi connectivity index (χ0) is 19.2. The molecule has 1 saturated heterocycles. The lowest BCUT2D eigenvalue weighted by atomic mass is 9.96. The first kappa shape index (κ1) is 19.4. The fourth-order valence-electron chi connectivity index (χ4n) is 3.69. The van der Waals surface area contributed by atoms with Crippen LogP contribution in [0.1, 0.15) is 25.5 Å². The van der Waals surface area contributed by atoms with Crippen molar-refractivity contribution in [3.05, 3.63) is 66.0 Å². The number of nitrogens with two attached hydrogens (primary N) is 1. The molecule has 144 valence electrons. The molecule has 0 bridgehead atoms. The first-order valence-corrected chi connectivity index (χ1v) is 9.71. The third-order valence-electron chi connectivity index (χ3n) is 5.27. The number of nitrogens with zero attached hydrogens (tertiary/aromatic N) is 2. The maximum Gasteiger partial charge on any atom is 0.277 e. The molecule has 1 heterocycles. The second kappa shape index (κ2) is 9.00. The number of piperazine rings is 1. The van der Waals surface area contributed by atoms with Gasteiger partial charge >= 0.3 is 0 Å². The molecule has 4 nitrogen and oxygen atoms in total. The highest BCUT2D eigenvalue weighted by atomic mass is 19.1. The number of carbonyl (C=O) groups excluding carboxylic acids is 1. The van der Waals surface area contributed by atoms with Gasteiger partial charge in [0.15, 0.2) is 6.54 Å². The van der Waals surface area contributed by atoms with Gasteiger partial charge in [0.05, 0.1) is 0 Å². The van der Waals surface area contributed by atoms with E-state index in [1.165, 1.54) is 17.8 Å². The van der Waals surface area contributed by atoms with Crippen LogP contribution in [0.4, 0.5) is 10.1 Å². The topological polar surface area (TPSA) is 40.2 Å². The van der Waals surface area contributed by atoms with E-state index in [1.807, 2.05) is 35.2 Å². The van der Waals surface area contributed by atoms with Gasteiger partial charge in [-0.1, -0.05) is 44.2 Å². The van der Waals surface area contributed by atoms with E-state index in [4.69, 9.17) is 0 Å². The van der Waals surface area contributed by atoms with Crippen LogP contribution in [0.5, 0.6) is 0 Å². The summed E-state index contributed by atoms with van der Waals surface area (Å²) >= 11 is 0. The summed E-state index contributed by atoms with van der Waals surface area (Å²) in [6.07, 6.45) is 0. The molecule has 27 heavy (non-hydrogen) atoms. The van der Waals surface area contributed by atoms with Gasteiger partial charge < -0.3 is 15.1 Å². The van der Waals surface area contributed by atoms with Crippen LogP contribution in [0.3, 0.4) is 0 Å². The summed E-state index contributed by atoms with van der Waals surface area (Å²) in [5.41, 5.74) is 2.28. The maximum atomic E-state index is 13.2. The Kier molecular flexibility index (Phi) is 6.45. The fraction of sp³-hybridized carbons (Fsp3) is 0.409. The number of anilines is 1. The van der Waals surface area contributed by atoms with Gasteiger partial charge in [-0.25, -0.2) is 4.39 Å². The van der Waals surface area contributed by atoms with Gasteiger partial charge in [-0.05, 0) is 24.3 Å². The van der Waals surface area contributed by atoms with Crippen LogP contribution in [0.15, 0.2) is 54.6 Å². The minimum absolute atomic E-state index is 0.153. The molecular weight excluding hydrogens is 341 g/mol. The molecule has 1 amide bonds. The lowest BCUT2D eigenvalue weighted by Crippen LogP contribution is -2.88. The molecule has 1 aliphatic heterocycles. The largest absolute Gasteiger partial charge is 0.368 e. The monoisotopic (exact) mass is 370 g/mol. The van der Waals surface area contributed by atoms with Gasteiger partial charge in [0.1, 0.15) is 11.9 Å². The number of hydrogen-bond donors (Lipinski definition) is 1. The van der Waals surface area contributed by atoms with Gasteiger partial charge in [-0.3, -0.25) is 4.79 Å². The Bertz CT molecular complexity index is 725. The SMILES string of the molecule is CC(C)[C@H]([NH2+]CC(=O)N1CCN(c2ccccc2)CC1)c1ccc(F)cc1. The first-order chi connectivity index (χ1) is 13.0. The van der Waals surface area contributed by atoms with Crippen molar-refractivity contribution in [2.24, 2.45) is 5.92 Å². The summed E-state index contributed by atoms with van der Waals surface area (Å²) in [6.45, 7) is 7.92. The predicted octanol–water partition coefficient (Wildman–Crippen LogP) is 2.44. The van der Waals surface area contributed by atoms with E-state index in [9.17, 15) is 9.18 Å². The molecule has 0 spiro atoms. The Balaban J connectivity index is 1.52. The quantitative estimate of drug-likeness (QED) is 0.848. The minimum atomic E-state index is -0.228. The molecule has 2 N–H and O–H groups in total. The van der Waals surface area contributed by atoms with E-state index in [0.29, 0.717) is 12.5 Å². The number of hydrogen-bond acceptors (Lipinski definition) is 2. The highest BCUT2D eigenvalue weighted by Crippen LogP contribution is 2.18. The molecule has 0 unspecified atom stereocenters. The summed E-state index contributed by atoms with van der Waals surface area (Å²) in [5.74, 6) is 0.308. The molecule has 1 fully saturated rings. The van der Waals surface area contributed by atoms with Crippen LogP contribution < -0.4 is 10.2 Å². The van der Waals surface area contributed by atoms with E-state index in [1.54, 1.807) is 0 Å². The number of rotatable bonds is 6. The zero-order valence-electron chi connectivity index (χ0n) is 16.1. The summed E-state index contributed by atoms with van der Waals surface area (Å²) in [6, 6.07) is 17.1. The molecule has 1 aliphatic rings. The Morgan fingerprint density at radius 2 is 1.63 bits per heavy atom. The second-order valence-electron chi connectivity index (χ2n) is 7.46. The van der Waals surface area contributed by atoms with Crippen molar-refractivity contribution in [2.75, 3.05) is 37.6 Å². The number of benzene rings is 2. The molecule has 2 aromatic rings. The highest BCUT2D eigenvalue weighted by molar-refractivity contribution is 5.77. The van der Waals surface area contributed by atoms with Crippen molar-refractivity contribution in [3.8, 4) is 0 Å². The van der Waals surface area contributed by atoms with Crippen molar-refractivity contribution in [1.82, 2.24) is 4.90 Å². The summed E-state index contributed by atoms with van der Waals surface area (Å²) in [4.78, 5) is 16.9. The van der Waals surface area contributed by atoms with Crippen LogP contribution >= 0.6 is 0 Å². The van der Waals surface area contributed by atoms with Crippen molar-refractivity contribution in [3.63, 3.8) is 0 Å². The molecule has 0 saturated carbocycles. The molecule has 0 radical (unpaired) electrons. The summed E-state index contributed by atoms with van der Waals surface area (Å²) in [5, 5.41) is 2.09. The predicted molar refractivity (Wildman–Crippen MR) is 106 cm³/mol. The van der Waals surface area contributed by atoms with E-state index < -0.39 is 0 Å². The standard InChI is InChI=1S/C22H28FN3O/c1-17(2)22(18-8-10-19(23)11-9-18)24-16-21(27)26-14-12-25(13-15-26)20-6-4-3-5-7-20/h3-11,17,22,24H,12-16H2,1-2H3/p+1/t22-/m0/s1. The van der Waals surface area contributed by atoms with Gasteiger partial charge in [0.2, 0.25) is 0 Å². The second-order valence-corrected chi connectivity index (χ2v) is 7.46. The van der Waals surface area contributed by atoms with Gasteiger partial charge in [-0.2, -0.15) is 0 Å². The first-order valence-electron chi connectivity index (χ1n) is 9.71. The van der Waals surface area contributed by atoms with Crippen LogP contribution in [-0.2, 0) is 4.79 Å².